The predicted molar refractivity (Wildman–Crippen MR) is 91.8 cm³/mol. The van der Waals surface area contributed by atoms with E-state index < -0.39 is 10.0 Å². The quantitative estimate of drug-likeness (QED) is 0.760. The average molecular weight is 367 g/mol. The van der Waals surface area contributed by atoms with Gasteiger partial charge in [0.1, 0.15) is 5.82 Å². The molecular formula is C16H22FN5O2S. The first-order valence-corrected chi connectivity index (χ1v) is 9.80. The second-order valence-corrected chi connectivity index (χ2v) is 8.35. The minimum atomic E-state index is -3.27. The van der Waals surface area contributed by atoms with Gasteiger partial charge in [-0.3, -0.25) is 0 Å². The summed E-state index contributed by atoms with van der Waals surface area (Å²) >= 11 is 0. The number of benzene rings is 1. The van der Waals surface area contributed by atoms with Crippen LogP contribution in [-0.4, -0.2) is 64.5 Å². The SMILES string of the molecule is CCN(C)C1CN(Cc2cn(Cc3ccc(F)cc3)nn2)S(=O)(=O)C1. The number of nitrogens with zero attached hydrogens (tertiary/aromatic N) is 5. The molecule has 1 aliphatic rings. The first-order chi connectivity index (χ1) is 11.9. The van der Waals surface area contributed by atoms with E-state index in [1.807, 2.05) is 18.9 Å². The largest absolute Gasteiger partial charge is 0.301 e. The van der Waals surface area contributed by atoms with Gasteiger partial charge >= 0.3 is 0 Å². The maximum Gasteiger partial charge on any atom is 0.216 e. The lowest BCUT2D eigenvalue weighted by Crippen LogP contribution is -2.35. The molecule has 25 heavy (non-hydrogen) atoms. The van der Waals surface area contributed by atoms with Crippen LogP contribution in [-0.2, 0) is 23.1 Å². The van der Waals surface area contributed by atoms with Gasteiger partial charge in [-0.2, -0.15) is 4.31 Å². The van der Waals surface area contributed by atoms with Crippen LogP contribution in [0.25, 0.3) is 0 Å². The van der Waals surface area contributed by atoms with Crippen molar-refractivity contribution in [3.63, 3.8) is 0 Å². The van der Waals surface area contributed by atoms with E-state index in [0.717, 1.165) is 12.1 Å². The molecule has 0 amide bonds. The van der Waals surface area contributed by atoms with Crippen LogP contribution in [0, 0.1) is 5.82 Å². The topological polar surface area (TPSA) is 71.3 Å². The molecule has 1 aromatic heterocycles. The normalized spacial score (nSPS) is 20.4. The molecule has 3 rings (SSSR count). The van der Waals surface area contributed by atoms with Gasteiger partial charge < -0.3 is 4.90 Å². The zero-order chi connectivity index (χ0) is 18.0. The highest BCUT2D eigenvalue weighted by molar-refractivity contribution is 7.89. The smallest absolute Gasteiger partial charge is 0.216 e. The van der Waals surface area contributed by atoms with Crippen LogP contribution >= 0.6 is 0 Å². The van der Waals surface area contributed by atoms with Crippen LogP contribution in [0.3, 0.4) is 0 Å². The molecule has 1 saturated heterocycles. The highest BCUT2D eigenvalue weighted by atomic mass is 32.2. The second kappa shape index (κ2) is 7.19. The van der Waals surface area contributed by atoms with Crippen LogP contribution in [0.5, 0.6) is 0 Å². The number of aromatic nitrogens is 3. The summed E-state index contributed by atoms with van der Waals surface area (Å²) in [6.45, 7) is 3.97. The molecule has 0 aliphatic carbocycles. The Hall–Kier alpha value is -1.84. The van der Waals surface area contributed by atoms with Crippen LogP contribution in [0.15, 0.2) is 30.5 Å². The van der Waals surface area contributed by atoms with Crippen molar-refractivity contribution in [3.05, 3.63) is 47.5 Å². The number of hydrogen-bond acceptors (Lipinski definition) is 5. The maximum absolute atomic E-state index is 12.9. The van der Waals surface area contributed by atoms with Gasteiger partial charge in [0.2, 0.25) is 10.0 Å². The van der Waals surface area contributed by atoms with Gasteiger partial charge in [0.25, 0.3) is 0 Å². The molecule has 9 heteroatoms. The van der Waals surface area contributed by atoms with Crippen molar-refractivity contribution in [2.75, 3.05) is 25.9 Å². The minimum absolute atomic E-state index is 0.00394. The molecular weight excluding hydrogens is 345 g/mol. The Kier molecular flexibility index (Phi) is 5.16. The van der Waals surface area contributed by atoms with E-state index in [2.05, 4.69) is 10.3 Å². The summed E-state index contributed by atoms with van der Waals surface area (Å²) in [6.07, 6.45) is 1.73. The first-order valence-electron chi connectivity index (χ1n) is 8.19. The van der Waals surface area contributed by atoms with E-state index in [-0.39, 0.29) is 24.2 Å². The monoisotopic (exact) mass is 367 g/mol. The van der Waals surface area contributed by atoms with Crippen LogP contribution in [0.1, 0.15) is 18.2 Å². The molecule has 1 fully saturated rings. The summed E-state index contributed by atoms with van der Waals surface area (Å²) in [6, 6.07) is 6.17. The first kappa shape index (κ1) is 18.0. The molecule has 2 aromatic rings. The molecule has 0 spiro atoms. The Balaban J connectivity index is 1.66. The lowest BCUT2D eigenvalue weighted by molar-refractivity contribution is 0.251. The molecule has 0 bridgehead atoms. The molecule has 1 aromatic carbocycles. The Bertz CT molecular complexity index is 821. The minimum Gasteiger partial charge on any atom is -0.301 e. The fraction of sp³-hybridized carbons (Fsp3) is 0.500. The highest BCUT2D eigenvalue weighted by Crippen LogP contribution is 2.20. The molecule has 1 atom stereocenters. The van der Waals surface area contributed by atoms with Gasteiger partial charge in [-0.15, -0.1) is 5.10 Å². The fourth-order valence-corrected chi connectivity index (χ4v) is 4.67. The van der Waals surface area contributed by atoms with Crippen molar-refractivity contribution < 1.29 is 12.8 Å². The Labute approximate surface area is 147 Å². The lowest BCUT2D eigenvalue weighted by Gasteiger charge is -2.20. The zero-order valence-corrected chi connectivity index (χ0v) is 15.2. The zero-order valence-electron chi connectivity index (χ0n) is 14.3. The van der Waals surface area contributed by atoms with Crippen molar-refractivity contribution in [1.29, 1.82) is 0 Å². The van der Waals surface area contributed by atoms with E-state index in [0.29, 0.717) is 18.8 Å². The van der Waals surface area contributed by atoms with Gasteiger partial charge in [-0.25, -0.2) is 17.5 Å². The third-order valence-electron chi connectivity index (χ3n) is 4.52. The predicted octanol–water partition coefficient (Wildman–Crippen LogP) is 0.931. The van der Waals surface area contributed by atoms with E-state index >= 15 is 0 Å². The average Bonchev–Trinajstić information content (AvgIpc) is 3.13. The molecule has 0 radical (unpaired) electrons. The van der Waals surface area contributed by atoms with Gasteiger partial charge in [-0.1, -0.05) is 24.3 Å². The number of sulfonamides is 1. The summed E-state index contributed by atoms with van der Waals surface area (Å²) in [5, 5.41) is 8.10. The van der Waals surface area contributed by atoms with Crippen molar-refractivity contribution in [3.8, 4) is 0 Å². The van der Waals surface area contributed by atoms with Crippen LogP contribution in [0.2, 0.25) is 0 Å². The van der Waals surface area contributed by atoms with Crippen LogP contribution in [0.4, 0.5) is 4.39 Å². The maximum atomic E-state index is 12.9. The van der Waals surface area contributed by atoms with Crippen molar-refractivity contribution in [2.24, 2.45) is 0 Å². The summed E-state index contributed by atoms with van der Waals surface area (Å²) in [7, 11) is -1.34. The number of rotatable bonds is 6. The Morgan fingerprint density at radius 2 is 2.00 bits per heavy atom. The van der Waals surface area contributed by atoms with E-state index in [1.165, 1.54) is 16.4 Å². The molecule has 0 N–H and O–H groups in total. The van der Waals surface area contributed by atoms with Crippen LogP contribution < -0.4 is 0 Å². The molecule has 2 heterocycles. The molecule has 1 unspecified atom stereocenters. The molecule has 7 nitrogen and oxygen atoms in total. The fourth-order valence-electron chi connectivity index (χ4n) is 2.88. The molecule has 0 saturated carbocycles. The van der Waals surface area contributed by atoms with Gasteiger partial charge in [0.15, 0.2) is 0 Å². The molecule has 136 valence electrons. The standard InChI is InChI=1S/C16H22FN5O2S/c1-3-20(2)16-11-22(25(23,24)12-16)10-15-9-21(19-18-15)8-13-4-6-14(17)7-5-13/h4-7,9,16H,3,8,10-12H2,1-2H3. The van der Waals surface area contributed by atoms with E-state index in [4.69, 9.17) is 0 Å². The number of halogens is 1. The Morgan fingerprint density at radius 1 is 1.28 bits per heavy atom. The van der Waals surface area contributed by atoms with Crippen molar-refractivity contribution >= 4 is 10.0 Å². The summed E-state index contributed by atoms with van der Waals surface area (Å²) < 4.78 is 40.7. The van der Waals surface area contributed by atoms with Gasteiger partial charge in [-0.05, 0) is 31.3 Å². The lowest BCUT2D eigenvalue weighted by atomic mass is 10.2. The highest BCUT2D eigenvalue weighted by Gasteiger charge is 2.37. The Morgan fingerprint density at radius 3 is 2.68 bits per heavy atom. The summed E-state index contributed by atoms with van der Waals surface area (Å²) in [5.74, 6) is -0.144. The third kappa shape index (κ3) is 4.23. The summed E-state index contributed by atoms with van der Waals surface area (Å²) in [4.78, 5) is 2.04. The third-order valence-corrected chi connectivity index (χ3v) is 6.39. The van der Waals surface area contributed by atoms with Gasteiger partial charge in [0.05, 0.1) is 30.7 Å². The summed E-state index contributed by atoms with van der Waals surface area (Å²) in [5.41, 5.74) is 1.50. The van der Waals surface area contributed by atoms with Crippen molar-refractivity contribution in [1.82, 2.24) is 24.2 Å². The number of likely N-dealkylation sites (N-methyl/N-ethyl adjacent to an activating group) is 1. The van der Waals surface area contributed by atoms with Gasteiger partial charge in [0, 0.05) is 12.6 Å². The van der Waals surface area contributed by atoms with Crippen molar-refractivity contribution in [2.45, 2.75) is 26.1 Å². The molecule has 1 aliphatic heterocycles. The second-order valence-electron chi connectivity index (χ2n) is 6.33. The van der Waals surface area contributed by atoms with E-state index in [1.54, 1.807) is 23.0 Å². The van der Waals surface area contributed by atoms with E-state index in [9.17, 15) is 12.8 Å². The number of hydrogen-bond donors (Lipinski definition) is 0.